The lowest BCUT2D eigenvalue weighted by atomic mass is 9.96. The topological polar surface area (TPSA) is 56.6 Å². The van der Waals surface area contributed by atoms with E-state index in [1.165, 1.54) is 0 Å². The molecule has 1 fully saturated rings. The van der Waals surface area contributed by atoms with E-state index in [1.807, 2.05) is 35.5 Å². The average Bonchev–Trinajstić information content (AvgIpc) is 3.16. The summed E-state index contributed by atoms with van der Waals surface area (Å²) in [4.78, 5) is 19.3. The van der Waals surface area contributed by atoms with Gasteiger partial charge in [0.2, 0.25) is 5.91 Å². The van der Waals surface area contributed by atoms with E-state index in [0.717, 1.165) is 43.9 Å². The molecule has 1 saturated heterocycles. The third-order valence-corrected chi connectivity index (χ3v) is 5.03. The fourth-order valence-corrected chi connectivity index (χ4v) is 3.64. The molecule has 0 N–H and O–H groups in total. The number of likely N-dealkylation sites (tertiary alicyclic amines) is 1. The molecule has 6 heteroatoms. The summed E-state index contributed by atoms with van der Waals surface area (Å²) in [6, 6.07) is 5.64. The second kappa shape index (κ2) is 8.25. The molecule has 1 aliphatic heterocycles. The van der Waals surface area contributed by atoms with Crippen molar-refractivity contribution in [2.45, 2.75) is 38.6 Å². The van der Waals surface area contributed by atoms with Gasteiger partial charge in [0.05, 0.1) is 20.6 Å². The van der Waals surface area contributed by atoms with Gasteiger partial charge in [0.1, 0.15) is 5.82 Å². The minimum absolute atomic E-state index is 0.150. The molecular formula is C20H27N3O3. The van der Waals surface area contributed by atoms with Crippen LogP contribution >= 0.6 is 0 Å². The van der Waals surface area contributed by atoms with Crippen molar-refractivity contribution < 1.29 is 14.3 Å². The molecule has 6 nitrogen and oxygen atoms in total. The number of benzene rings is 1. The first kappa shape index (κ1) is 18.3. The summed E-state index contributed by atoms with van der Waals surface area (Å²) >= 11 is 0. The number of hydrogen-bond donors (Lipinski definition) is 0. The maximum absolute atomic E-state index is 12.8. The van der Waals surface area contributed by atoms with Gasteiger partial charge >= 0.3 is 0 Å². The first-order chi connectivity index (χ1) is 12.7. The van der Waals surface area contributed by atoms with Crippen molar-refractivity contribution in [1.82, 2.24) is 14.5 Å². The highest BCUT2D eigenvalue weighted by Crippen LogP contribution is 2.29. The Morgan fingerprint density at radius 3 is 2.81 bits per heavy atom. The minimum Gasteiger partial charge on any atom is -0.493 e. The van der Waals surface area contributed by atoms with Gasteiger partial charge in [-0.15, -0.1) is 0 Å². The number of ether oxygens (including phenoxy) is 2. The predicted molar refractivity (Wildman–Crippen MR) is 99.7 cm³/mol. The summed E-state index contributed by atoms with van der Waals surface area (Å²) in [5.41, 5.74) is 0.935. The van der Waals surface area contributed by atoms with Crippen LogP contribution in [0.1, 0.15) is 37.1 Å². The second-order valence-electron chi connectivity index (χ2n) is 6.62. The Bertz CT molecular complexity index is 757. The van der Waals surface area contributed by atoms with E-state index < -0.39 is 0 Å². The van der Waals surface area contributed by atoms with E-state index in [0.29, 0.717) is 23.8 Å². The second-order valence-corrected chi connectivity index (χ2v) is 6.62. The van der Waals surface area contributed by atoms with Crippen molar-refractivity contribution in [3.8, 4) is 11.5 Å². The third kappa shape index (κ3) is 3.84. The highest BCUT2D eigenvalue weighted by Gasteiger charge is 2.27. The molecule has 3 rings (SSSR count). The number of methoxy groups -OCH3 is 2. The molecule has 1 atom stereocenters. The summed E-state index contributed by atoms with van der Waals surface area (Å²) in [6.45, 7) is 4.58. The normalized spacial score (nSPS) is 17.2. The first-order valence-electron chi connectivity index (χ1n) is 9.16. The molecule has 1 aliphatic rings. The molecule has 1 aromatic carbocycles. The summed E-state index contributed by atoms with van der Waals surface area (Å²) < 4.78 is 12.8. The number of amides is 1. The number of nitrogens with zero attached hydrogens (tertiary/aromatic N) is 3. The van der Waals surface area contributed by atoms with Crippen LogP contribution in [0.3, 0.4) is 0 Å². The van der Waals surface area contributed by atoms with Crippen molar-refractivity contribution in [3.05, 3.63) is 42.0 Å². The van der Waals surface area contributed by atoms with Crippen LogP contribution in [-0.2, 0) is 17.8 Å². The molecular weight excluding hydrogens is 330 g/mol. The molecule has 0 bridgehead atoms. The molecule has 0 aliphatic carbocycles. The fourth-order valence-electron chi connectivity index (χ4n) is 3.64. The van der Waals surface area contributed by atoms with Gasteiger partial charge in [-0.2, -0.15) is 0 Å². The van der Waals surface area contributed by atoms with Gasteiger partial charge in [0, 0.05) is 37.9 Å². The Morgan fingerprint density at radius 1 is 1.27 bits per heavy atom. The zero-order valence-electron chi connectivity index (χ0n) is 15.8. The molecule has 0 radical (unpaired) electrons. The number of piperidine rings is 1. The monoisotopic (exact) mass is 357 g/mol. The number of aryl methyl sites for hydroxylation is 1. The smallest absolute Gasteiger partial charge is 0.227 e. The highest BCUT2D eigenvalue weighted by molar-refractivity contribution is 5.79. The molecule has 140 valence electrons. The number of carbonyl (C=O) groups excluding carboxylic acids is 1. The number of aromatic nitrogens is 2. The first-order valence-corrected chi connectivity index (χ1v) is 9.16. The Kier molecular flexibility index (Phi) is 5.81. The van der Waals surface area contributed by atoms with Gasteiger partial charge in [0.25, 0.3) is 0 Å². The van der Waals surface area contributed by atoms with E-state index in [1.54, 1.807) is 14.2 Å². The zero-order valence-corrected chi connectivity index (χ0v) is 15.8. The van der Waals surface area contributed by atoms with Crippen molar-refractivity contribution >= 4 is 5.91 Å². The van der Waals surface area contributed by atoms with Crippen LogP contribution in [0.4, 0.5) is 0 Å². The summed E-state index contributed by atoms with van der Waals surface area (Å²) in [7, 11) is 3.21. The molecule has 0 saturated carbocycles. The van der Waals surface area contributed by atoms with Gasteiger partial charge in [-0.05, 0) is 37.5 Å². The zero-order chi connectivity index (χ0) is 18.5. The van der Waals surface area contributed by atoms with Crippen LogP contribution in [-0.4, -0.2) is 47.7 Å². The number of imidazole rings is 1. The summed E-state index contributed by atoms with van der Waals surface area (Å²) in [5, 5.41) is 0. The molecule has 1 unspecified atom stereocenters. The Morgan fingerprint density at radius 2 is 2.08 bits per heavy atom. The van der Waals surface area contributed by atoms with Crippen LogP contribution in [0, 0.1) is 0 Å². The Balaban J connectivity index is 1.68. The lowest BCUT2D eigenvalue weighted by Gasteiger charge is -2.32. The van der Waals surface area contributed by atoms with E-state index in [2.05, 4.69) is 16.5 Å². The van der Waals surface area contributed by atoms with Gasteiger partial charge in [-0.3, -0.25) is 4.79 Å². The maximum atomic E-state index is 12.8. The lowest BCUT2D eigenvalue weighted by molar-refractivity contribution is -0.131. The van der Waals surface area contributed by atoms with E-state index in [9.17, 15) is 4.79 Å². The van der Waals surface area contributed by atoms with E-state index in [4.69, 9.17) is 9.47 Å². The van der Waals surface area contributed by atoms with E-state index >= 15 is 0 Å². The van der Waals surface area contributed by atoms with Crippen LogP contribution in [0.5, 0.6) is 11.5 Å². The number of carbonyl (C=O) groups is 1. The highest BCUT2D eigenvalue weighted by atomic mass is 16.5. The third-order valence-electron chi connectivity index (χ3n) is 5.03. The van der Waals surface area contributed by atoms with Crippen LogP contribution < -0.4 is 9.47 Å². The summed E-state index contributed by atoms with van der Waals surface area (Å²) in [6.07, 6.45) is 6.33. The molecule has 1 amide bonds. The van der Waals surface area contributed by atoms with Crippen molar-refractivity contribution in [3.63, 3.8) is 0 Å². The number of hydrogen-bond acceptors (Lipinski definition) is 4. The van der Waals surface area contributed by atoms with Crippen LogP contribution in [0.25, 0.3) is 0 Å². The fraction of sp³-hybridized carbons (Fsp3) is 0.500. The van der Waals surface area contributed by atoms with Crippen molar-refractivity contribution in [1.29, 1.82) is 0 Å². The van der Waals surface area contributed by atoms with E-state index in [-0.39, 0.29) is 5.91 Å². The van der Waals surface area contributed by atoms with Gasteiger partial charge < -0.3 is 18.9 Å². The lowest BCUT2D eigenvalue weighted by Crippen LogP contribution is -2.40. The minimum atomic E-state index is 0.150. The predicted octanol–water partition coefficient (Wildman–Crippen LogP) is 2.87. The van der Waals surface area contributed by atoms with Crippen LogP contribution in [0.2, 0.25) is 0 Å². The van der Waals surface area contributed by atoms with Crippen molar-refractivity contribution in [2.24, 2.45) is 0 Å². The number of rotatable bonds is 6. The van der Waals surface area contributed by atoms with Gasteiger partial charge in [-0.25, -0.2) is 4.98 Å². The SMILES string of the molecule is CCn1ccnc1C1CCCN(C(=O)Cc2ccc(OC)c(OC)c2)C1. The van der Waals surface area contributed by atoms with Crippen molar-refractivity contribution in [2.75, 3.05) is 27.3 Å². The molecule has 2 heterocycles. The summed E-state index contributed by atoms with van der Waals surface area (Å²) in [5.74, 6) is 2.88. The quantitative estimate of drug-likeness (QED) is 0.798. The van der Waals surface area contributed by atoms with Crippen LogP contribution in [0.15, 0.2) is 30.6 Å². The molecule has 2 aromatic rings. The largest absolute Gasteiger partial charge is 0.493 e. The van der Waals surface area contributed by atoms with Gasteiger partial charge in [-0.1, -0.05) is 6.07 Å². The standard InChI is InChI=1S/C20H27N3O3/c1-4-22-11-9-21-20(22)16-6-5-10-23(14-16)19(24)13-15-7-8-17(25-2)18(12-15)26-3/h7-9,11-12,16H,4-6,10,13-14H2,1-3H3. The molecule has 26 heavy (non-hydrogen) atoms. The Hall–Kier alpha value is -2.50. The van der Waals surface area contributed by atoms with Gasteiger partial charge in [0.15, 0.2) is 11.5 Å². The Labute approximate surface area is 154 Å². The molecule has 0 spiro atoms. The maximum Gasteiger partial charge on any atom is 0.227 e. The molecule has 1 aromatic heterocycles. The average molecular weight is 357 g/mol.